The summed E-state index contributed by atoms with van der Waals surface area (Å²) in [6, 6.07) is 5.58. The second-order valence-corrected chi connectivity index (χ2v) is 8.83. The predicted molar refractivity (Wildman–Crippen MR) is 100 cm³/mol. The van der Waals surface area contributed by atoms with Gasteiger partial charge in [-0.15, -0.1) is 0 Å². The van der Waals surface area contributed by atoms with Crippen molar-refractivity contribution in [3.05, 3.63) is 18.3 Å². The number of rotatable bonds is 4. The molecule has 0 aromatic carbocycles. The van der Waals surface area contributed by atoms with E-state index in [9.17, 15) is 0 Å². The first-order valence-corrected chi connectivity index (χ1v) is 9.64. The van der Waals surface area contributed by atoms with Crippen LogP contribution in [0.2, 0.25) is 0 Å². The maximum absolute atomic E-state index is 4.60. The van der Waals surface area contributed by atoms with Gasteiger partial charge in [0.25, 0.3) is 0 Å². The van der Waals surface area contributed by atoms with Gasteiger partial charge in [0, 0.05) is 43.1 Å². The Morgan fingerprint density at radius 1 is 1.29 bits per heavy atom. The normalized spacial score (nSPS) is 37.2. The number of nitrogens with zero attached hydrogens (tertiary/aromatic N) is 2. The molecular weight excluding hydrogens is 296 g/mol. The third kappa shape index (κ3) is 2.59. The Morgan fingerprint density at radius 3 is 2.79 bits per heavy atom. The molecule has 0 unspecified atom stereocenters. The van der Waals surface area contributed by atoms with Crippen molar-refractivity contribution in [2.45, 2.75) is 52.1 Å². The van der Waals surface area contributed by atoms with Crippen molar-refractivity contribution in [3.63, 3.8) is 0 Å². The molecule has 0 spiro atoms. The second-order valence-electron chi connectivity index (χ2n) is 8.83. The average molecular weight is 329 g/mol. The summed E-state index contributed by atoms with van der Waals surface area (Å²) >= 11 is 0. The highest BCUT2D eigenvalue weighted by molar-refractivity contribution is 5.55. The molecule has 3 aliphatic carbocycles. The minimum atomic E-state index is 0.546. The zero-order chi connectivity index (χ0) is 16.9. The molecule has 24 heavy (non-hydrogen) atoms. The van der Waals surface area contributed by atoms with Gasteiger partial charge in [0.05, 0.1) is 0 Å². The number of fused-ring (bicyclic) bond motifs is 2. The monoisotopic (exact) mass is 328 g/mol. The molecule has 5 atom stereocenters. The molecule has 132 valence electrons. The molecule has 4 heteroatoms. The van der Waals surface area contributed by atoms with Crippen LogP contribution in [-0.4, -0.2) is 37.2 Å². The van der Waals surface area contributed by atoms with E-state index < -0.39 is 0 Å². The minimum Gasteiger partial charge on any atom is -0.370 e. The van der Waals surface area contributed by atoms with Gasteiger partial charge < -0.3 is 15.5 Å². The van der Waals surface area contributed by atoms with Gasteiger partial charge in [0.2, 0.25) is 0 Å². The lowest BCUT2D eigenvalue weighted by Crippen LogP contribution is -2.58. The fourth-order valence-corrected chi connectivity index (χ4v) is 5.46. The Morgan fingerprint density at radius 2 is 2.12 bits per heavy atom. The Kier molecular flexibility index (Phi) is 3.98. The fourth-order valence-electron chi connectivity index (χ4n) is 5.46. The molecule has 4 aliphatic rings. The van der Waals surface area contributed by atoms with E-state index in [-0.39, 0.29) is 0 Å². The molecule has 4 nitrogen and oxygen atoms in total. The molecule has 3 saturated carbocycles. The molecule has 1 aromatic rings. The van der Waals surface area contributed by atoms with Crippen LogP contribution in [0.3, 0.4) is 0 Å². The number of aromatic nitrogens is 1. The van der Waals surface area contributed by atoms with Crippen LogP contribution >= 0.6 is 0 Å². The molecule has 1 saturated heterocycles. The highest BCUT2D eigenvalue weighted by Gasteiger charge is 2.56. The van der Waals surface area contributed by atoms with E-state index in [0.717, 1.165) is 36.7 Å². The van der Waals surface area contributed by atoms with E-state index in [4.69, 9.17) is 0 Å². The van der Waals surface area contributed by atoms with Crippen molar-refractivity contribution in [1.29, 1.82) is 0 Å². The summed E-state index contributed by atoms with van der Waals surface area (Å²) in [6.07, 6.45) is 5.91. The van der Waals surface area contributed by atoms with Crippen LogP contribution < -0.4 is 15.5 Å². The highest BCUT2D eigenvalue weighted by atomic mass is 15.2. The van der Waals surface area contributed by atoms with E-state index in [1.54, 1.807) is 0 Å². The second kappa shape index (κ2) is 5.91. The number of nitrogens with one attached hydrogen (secondary N) is 2. The zero-order valence-electron chi connectivity index (χ0n) is 15.5. The molecule has 4 fully saturated rings. The Labute approximate surface area is 146 Å². The maximum atomic E-state index is 4.60. The summed E-state index contributed by atoms with van der Waals surface area (Å²) in [7, 11) is 2.06. The third-order valence-corrected chi connectivity index (χ3v) is 7.39. The molecule has 2 heterocycles. The number of hydrogen-bond donors (Lipinski definition) is 2. The first-order valence-electron chi connectivity index (χ1n) is 9.64. The molecule has 5 rings (SSSR count). The van der Waals surface area contributed by atoms with Crippen LogP contribution in [0.4, 0.5) is 11.5 Å². The number of hydrogen-bond acceptors (Lipinski definition) is 4. The van der Waals surface area contributed by atoms with Gasteiger partial charge in [-0.05, 0) is 55.5 Å². The maximum Gasteiger partial charge on any atom is 0.128 e. The van der Waals surface area contributed by atoms with Crippen molar-refractivity contribution in [1.82, 2.24) is 10.3 Å². The molecule has 2 bridgehead atoms. The quantitative estimate of drug-likeness (QED) is 0.889. The molecule has 0 radical (unpaired) electrons. The van der Waals surface area contributed by atoms with Gasteiger partial charge in [0.1, 0.15) is 5.82 Å². The number of anilines is 2. The fraction of sp³-hybridized carbons (Fsp3) is 0.750. The lowest BCUT2D eigenvalue weighted by atomic mass is 9.45. The van der Waals surface area contributed by atoms with Crippen LogP contribution in [0, 0.1) is 23.2 Å². The Balaban J connectivity index is 1.44. The summed E-state index contributed by atoms with van der Waals surface area (Å²) in [5.41, 5.74) is 1.85. The summed E-state index contributed by atoms with van der Waals surface area (Å²) in [6.45, 7) is 9.58. The third-order valence-electron chi connectivity index (χ3n) is 7.39. The van der Waals surface area contributed by atoms with Crippen molar-refractivity contribution in [2.75, 3.05) is 30.4 Å². The molecular formula is C20H32N4. The molecule has 1 aliphatic heterocycles. The number of likely N-dealkylation sites (N-methyl/N-ethyl adjacent to an activating group) is 1. The SMILES string of the molecule is CN[C@@H]1CCN(c2ccnc(N[C@H]3C[C@@H]4C[C@H]([C@@H]3C)C4(C)C)c2)C1. The standard InChI is InChI=1S/C20H32N4/c1-13-17-9-14(20(17,2)3)10-18(13)23-19-11-16(5-7-22-19)24-8-6-15(12-24)21-4/h5,7,11,13-15,17-18,21H,6,8-10,12H2,1-4H3,(H,22,23)/t13-,14-,15+,17+,18-/m0/s1. The lowest BCUT2D eigenvalue weighted by molar-refractivity contribution is -0.105. The molecule has 2 N–H and O–H groups in total. The van der Waals surface area contributed by atoms with E-state index in [1.807, 2.05) is 6.20 Å². The summed E-state index contributed by atoms with van der Waals surface area (Å²) in [4.78, 5) is 7.07. The van der Waals surface area contributed by atoms with Gasteiger partial charge in [0.15, 0.2) is 0 Å². The van der Waals surface area contributed by atoms with E-state index in [1.165, 1.54) is 24.9 Å². The Hall–Kier alpha value is -1.29. The van der Waals surface area contributed by atoms with E-state index in [0.29, 0.717) is 17.5 Å². The largest absolute Gasteiger partial charge is 0.370 e. The van der Waals surface area contributed by atoms with Crippen molar-refractivity contribution < 1.29 is 0 Å². The van der Waals surface area contributed by atoms with Crippen LogP contribution in [0.1, 0.15) is 40.0 Å². The van der Waals surface area contributed by atoms with Crippen molar-refractivity contribution >= 4 is 11.5 Å². The lowest BCUT2D eigenvalue weighted by Gasteiger charge is -2.62. The smallest absolute Gasteiger partial charge is 0.128 e. The van der Waals surface area contributed by atoms with Crippen molar-refractivity contribution in [2.24, 2.45) is 23.2 Å². The summed E-state index contributed by atoms with van der Waals surface area (Å²) < 4.78 is 0. The van der Waals surface area contributed by atoms with E-state index >= 15 is 0 Å². The van der Waals surface area contributed by atoms with Gasteiger partial charge >= 0.3 is 0 Å². The highest BCUT2D eigenvalue weighted by Crippen LogP contribution is 2.61. The zero-order valence-corrected chi connectivity index (χ0v) is 15.5. The first-order chi connectivity index (χ1) is 11.5. The van der Waals surface area contributed by atoms with Crippen molar-refractivity contribution in [3.8, 4) is 0 Å². The van der Waals surface area contributed by atoms with Gasteiger partial charge in [-0.25, -0.2) is 4.98 Å². The minimum absolute atomic E-state index is 0.546. The van der Waals surface area contributed by atoms with Crippen LogP contribution in [0.5, 0.6) is 0 Å². The topological polar surface area (TPSA) is 40.2 Å². The van der Waals surface area contributed by atoms with Crippen LogP contribution in [0.25, 0.3) is 0 Å². The van der Waals surface area contributed by atoms with E-state index in [2.05, 4.69) is 60.5 Å². The number of pyridine rings is 1. The average Bonchev–Trinajstić information content (AvgIpc) is 3.05. The van der Waals surface area contributed by atoms with Crippen LogP contribution in [-0.2, 0) is 0 Å². The molecule has 1 aromatic heterocycles. The first kappa shape index (κ1) is 16.2. The molecule has 0 amide bonds. The predicted octanol–water partition coefficient (Wildman–Crippen LogP) is 3.36. The van der Waals surface area contributed by atoms with Gasteiger partial charge in [-0.3, -0.25) is 0 Å². The summed E-state index contributed by atoms with van der Waals surface area (Å²) in [5.74, 6) is 3.54. The Bertz CT molecular complexity index is 599. The van der Waals surface area contributed by atoms with Crippen LogP contribution in [0.15, 0.2) is 18.3 Å². The van der Waals surface area contributed by atoms with Gasteiger partial charge in [-0.1, -0.05) is 20.8 Å². The van der Waals surface area contributed by atoms with Gasteiger partial charge in [-0.2, -0.15) is 0 Å². The summed E-state index contributed by atoms with van der Waals surface area (Å²) in [5, 5.41) is 7.16.